The Bertz CT molecular complexity index is 4110. The lowest BCUT2D eigenvalue weighted by Crippen LogP contribution is -2.31. The molecule has 8 aromatic carbocycles. The number of hydrogen-bond donors (Lipinski definition) is 10. The van der Waals surface area contributed by atoms with E-state index in [-0.39, 0.29) is 50.5 Å². The van der Waals surface area contributed by atoms with Crippen molar-refractivity contribution in [1.29, 1.82) is 0 Å². The summed E-state index contributed by atoms with van der Waals surface area (Å²) in [6.07, 6.45) is 7.99. The Morgan fingerprint density at radius 1 is 0.404 bits per heavy atom. The fourth-order valence-corrected chi connectivity index (χ4v) is 18.7. The van der Waals surface area contributed by atoms with Gasteiger partial charge in [-0.15, -0.1) is 0 Å². The van der Waals surface area contributed by atoms with Crippen LogP contribution in [-0.2, 0) is 17.4 Å². The highest BCUT2D eigenvalue weighted by Gasteiger charge is 2.29. The number of unbranched alkanes of at least 4 members (excludes halogenated alkanes) is 3. The van der Waals surface area contributed by atoms with Crippen LogP contribution in [0.25, 0.3) is 0 Å². The van der Waals surface area contributed by atoms with E-state index in [9.17, 15) is 49.8 Å². The number of halogens is 12. The minimum Gasteiger partial charge on any atom is -0.507 e. The SMILES string of the molecule is CC(C)(N)CCCCc1cc(Oc2c(I)cc(C(=O)O)cc2I)cc(I)c1O.CC(C)(Oc1c(I)cc(C(=O)O)cc1I)c1ccc(O)c(I)c1.CCCCCC(C)(C)c1cc(Oc2c(I)cc(C(=O)O)cc2I)cc(I)c1O.O=C(O)c1cc(I)c(O)c(I)c1.Oc1ccccc1I. The van der Waals surface area contributed by atoms with Crippen LogP contribution >= 0.6 is 271 Å². The van der Waals surface area contributed by atoms with E-state index >= 15 is 0 Å². The van der Waals surface area contributed by atoms with Crippen LogP contribution in [0.2, 0.25) is 0 Å². The topological polar surface area (TPSA) is 304 Å². The summed E-state index contributed by atoms with van der Waals surface area (Å²) < 4.78 is 27.0. The van der Waals surface area contributed by atoms with Gasteiger partial charge in [-0.1, -0.05) is 64.7 Å². The predicted molar refractivity (Wildman–Crippen MR) is 487 cm³/mol. The summed E-state index contributed by atoms with van der Waals surface area (Å²) >= 11 is 24.6. The Hall–Kier alpha value is -1.24. The van der Waals surface area contributed by atoms with Crippen molar-refractivity contribution in [2.75, 3.05) is 0 Å². The first-order chi connectivity index (χ1) is 46.0. The maximum Gasteiger partial charge on any atom is 0.335 e. The molecule has 0 unspecified atom stereocenters. The number of hydrogen-bond acceptors (Lipinski definition) is 13. The van der Waals surface area contributed by atoms with Gasteiger partial charge in [0.25, 0.3) is 0 Å². The Morgan fingerprint density at radius 3 is 1.18 bits per heavy atom. The second-order valence-corrected chi connectivity index (χ2v) is 37.4. The summed E-state index contributed by atoms with van der Waals surface area (Å²) in [4.78, 5) is 44.1. The van der Waals surface area contributed by atoms with Gasteiger partial charge >= 0.3 is 23.9 Å². The van der Waals surface area contributed by atoms with Gasteiger partial charge in [-0.05, 0) is 438 Å². The first-order valence-electron chi connectivity index (χ1n) is 29.4. The zero-order chi connectivity index (χ0) is 74.8. The predicted octanol–water partition coefficient (Wildman–Crippen LogP) is 23.2. The highest BCUT2D eigenvalue weighted by Crippen LogP contribution is 2.44. The minimum absolute atomic E-state index is 0.140. The van der Waals surface area contributed by atoms with E-state index in [4.69, 9.17) is 35.3 Å². The molecule has 17 nitrogen and oxygen atoms in total. The Balaban J connectivity index is 0.000000277. The lowest BCUT2D eigenvalue weighted by atomic mass is 9.79. The average molecular weight is 2700 g/mol. The first-order valence-corrected chi connectivity index (χ1v) is 42.3. The van der Waals surface area contributed by atoms with Crippen molar-refractivity contribution in [2.45, 2.75) is 116 Å². The number of carboxylic acids is 4. The van der Waals surface area contributed by atoms with E-state index < -0.39 is 29.5 Å². The number of carboxylic acid groups (broad SMARTS) is 4. The van der Waals surface area contributed by atoms with Gasteiger partial charge in [0, 0.05) is 11.1 Å². The van der Waals surface area contributed by atoms with Crippen molar-refractivity contribution in [3.8, 4) is 57.5 Å². The van der Waals surface area contributed by atoms with Crippen LogP contribution in [0.1, 0.15) is 152 Å². The summed E-state index contributed by atoms with van der Waals surface area (Å²) in [5.41, 5.74) is 8.57. The largest absolute Gasteiger partial charge is 0.507 e. The number of aromatic hydroxyl groups is 5. The number of para-hydroxylation sites is 1. The lowest BCUT2D eigenvalue weighted by molar-refractivity contribution is 0.0685. The van der Waals surface area contributed by atoms with Crippen molar-refractivity contribution in [1.82, 2.24) is 0 Å². The van der Waals surface area contributed by atoms with Crippen molar-refractivity contribution in [3.05, 3.63) is 197 Å². The molecular formula is C70H67I12NO16. The number of nitrogens with two attached hydrogens (primary N) is 1. The molecule has 0 amide bonds. The average Bonchev–Trinajstić information content (AvgIpc) is 0.789. The number of ether oxygens (including phenoxy) is 3. The highest BCUT2D eigenvalue weighted by molar-refractivity contribution is 14.1. The molecule has 8 rings (SSSR count). The smallest absolute Gasteiger partial charge is 0.335 e. The third-order valence-electron chi connectivity index (χ3n) is 14.1. The number of aromatic carboxylic acids is 4. The molecule has 8 aromatic rings. The number of aryl methyl sites for hydroxylation is 1. The molecule has 0 spiro atoms. The Morgan fingerprint density at radius 2 is 0.788 bits per heavy atom. The van der Waals surface area contributed by atoms with E-state index in [1.165, 1.54) is 18.6 Å². The van der Waals surface area contributed by atoms with Gasteiger partial charge < -0.3 is 65.9 Å². The van der Waals surface area contributed by atoms with Crippen LogP contribution in [0.15, 0.2) is 115 Å². The van der Waals surface area contributed by atoms with Crippen molar-refractivity contribution in [3.63, 3.8) is 0 Å². The van der Waals surface area contributed by atoms with Crippen LogP contribution in [0.4, 0.5) is 0 Å². The van der Waals surface area contributed by atoms with Gasteiger partial charge in [-0.2, -0.15) is 0 Å². The summed E-state index contributed by atoms with van der Waals surface area (Å²) in [5.74, 6) is 0.609. The van der Waals surface area contributed by atoms with Crippen molar-refractivity contribution < 1.29 is 79.3 Å². The van der Waals surface area contributed by atoms with Crippen LogP contribution in [0.3, 0.4) is 0 Å². The quantitative estimate of drug-likeness (QED) is 0.0236. The van der Waals surface area contributed by atoms with Gasteiger partial charge in [-0.25, -0.2) is 19.2 Å². The zero-order valence-corrected chi connectivity index (χ0v) is 79.5. The number of phenols is 5. The van der Waals surface area contributed by atoms with E-state index in [1.807, 2.05) is 109 Å². The molecule has 0 saturated heterocycles. The second-order valence-electron chi connectivity index (χ2n) is 23.5. The fourth-order valence-electron chi connectivity index (χ4n) is 8.79. The molecule has 29 heteroatoms. The molecule has 0 atom stereocenters. The Kier molecular flexibility index (Phi) is 38.0. The normalized spacial score (nSPS) is 11.1. The fraction of sp³-hybridized carbons (Fsp3) is 0.257. The molecular weight excluding hydrogens is 2630 g/mol. The standard InChI is InChI=1S/C21H23I3O4.C20H22I3NO4.C16H13I3O4.C7H4I2O3.C6H5IO/c1-4-5-6-7-21(2,3)14-10-13(11-15(22)18(14)25)28-19-16(23)8-12(20(26)27)9-17(19)24;1-20(2,24)6-4-3-5-11-7-13(10-14(21)17(11)25)28-18-15(22)8-12(19(26)27)9-16(18)23;1-16(2,9-3-4-13(20)10(17)7-9)23-14-11(18)5-8(15(21)22)6-12(14)19;8-4-1-3(7(11)12)2-5(9)6(4)10;7-5-3-1-2-4-6(5)8/h8-11,25H,4-7H2,1-3H3,(H,26,27);7-10,25H,3-6,24H2,1-2H3,(H,26,27);3-7,20H,1-2H3,(H,21,22);1-2,10H,(H,11,12);1-4,8H. The van der Waals surface area contributed by atoms with E-state index in [0.717, 1.165) is 97.3 Å². The number of phenolic OH excluding ortho intramolecular Hbond substituents is 5. The van der Waals surface area contributed by atoms with Gasteiger partial charge in [0.2, 0.25) is 0 Å². The molecule has 0 saturated carbocycles. The van der Waals surface area contributed by atoms with E-state index in [2.05, 4.69) is 247 Å². The van der Waals surface area contributed by atoms with Crippen LogP contribution in [-0.4, -0.2) is 75.4 Å². The summed E-state index contributed by atoms with van der Waals surface area (Å²) in [7, 11) is 0. The van der Waals surface area contributed by atoms with E-state index in [0.29, 0.717) is 47.4 Å². The summed E-state index contributed by atoms with van der Waals surface area (Å²) in [6.45, 7) is 14.4. The molecule has 0 aliphatic carbocycles. The molecule has 0 aliphatic rings. The van der Waals surface area contributed by atoms with Crippen LogP contribution in [0, 0.1) is 42.8 Å². The summed E-state index contributed by atoms with van der Waals surface area (Å²) in [5, 5.41) is 85.1. The lowest BCUT2D eigenvalue weighted by Gasteiger charge is -2.28. The number of rotatable bonds is 21. The monoisotopic (exact) mass is 2700 g/mol. The third-order valence-corrected chi connectivity index (χ3v) is 24.0. The minimum atomic E-state index is -0.981. The molecule has 0 aliphatic heterocycles. The van der Waals surface area contributed by atoms with Gasteiger partial charge in [0.05, 0.1) is 65.1 Å². The molecule has 0 radical (unpaired) electrons. The van der Waals surface area contributed by atoms with Crippen LogP contribution < -0.4 is 19.9 Å². The molecule has 0 heterocycles. The van der Waals surface area contributed by atoms with Crippen LogP contribution in [0.5, 0.6) is 57.5 Å². The maximum absolute atomic E-state index is 11.2. The molecule has 0 fully saturated rings. The molecule has 0 bridgehead atoms. The zero-order valence-electron chi connectivity index (χ0n) is 53.6. The third kappa shape index (κ3) is 28.8. The Labute approximate surface area is 738 Å². The molecule has 99 heavy (non-hydrogen) atoms. The molecule has 0 aromatic heterocycles. The molecule has 11 N–H and O–H groups in total. The number of benzene rings is 8. The number of carbonyl (C=O) groups is 4. The second kappa shape index (κ2) is 41.8. The summed E-state index contributed by atoms with van der Waals surface area (Å²) in [6, 6.07) is 32.3. The van der Waals surface area contributed by atoms with Gasteiger partial charge in [-0.3, -0.25) is 0 Å². The molecule has 532 valence electrons. The highest BCUT2D eigenvalue weighted by atomic mass is 127. The van der Waals surface area contributed by atoms with Gasteiger partial charge in [0.15, 0.2) is 11.5 Å². The van der Waals surface area contributed by atoms with Crippen molar-refractivity contribution in [2.24, 2.45) is 5.73 Å². The van der Waals surface area contributed by atoms with Crippen molar-refractivity contribution >= 4 is 295 Å². The van der Waals surface area contributed by atoms with E-state index in [1.54, 1.807) is 66.7 Å². The maximum atomic E-state index is 11.2. The first kappa shape index (κ1) is 90.2. The van der Waals surface area contributed by atoms with Gasteiger partial charge in [0.1, 0.15) is 51.6 Å².